The smallest absolute Gasteiger partial charge is 0.170 e. The lowest BCUT2D eigenvalue weighted by Gasteiger charge is -2.20. The van der Waals surface area contributed by atoms with Gasteiger partial charge in [0.2, 0.25) is 0 Å². The van der Waals surface area contributed by atoms with Gasteiger partial charge in [-0.3, -0.25) is 4.68 Å². The standard InChI is InChI=1S/C15H20FN3O/c1-4-9-17-15(12-8-10-18-19(12)2)11-6-5-7-13(20-3)14(11)16/h5-8,10,15,17H,4,9H2,1-3H3. The Kier molecular flexibility index (Phi) is 4.74. The van der Waals surface area contributed by atoms with Gasteiger partial charge in [-0.05, 0) is 25.1 Å². The largest absolute Gasteiger partial charge is 0.494 e. The molecule has 20 heavy (non-hydrogen) atoms. The van der Waals surface area contributed by atoms with E-state index in [0.29, 0.717) is 5.56 Å². The van der Waals surface area contributed by atoms with E-state index in [2.05, 4.69) is 17.3 Å². The molecule has 1 aromatic heterocycles. The third-order valence-corrected chi connectivity index (χ3v) is 3.28. The Morgan fingerprint density at radius 2 is 2.20 bits per heavy atom. The van der Waals surface area contributed by atoms with Gasteiger partial charge in [0.15, 0.2) is 11.6 Å². The number of aromatic nitrogens is 2. The first-order chi connectivity index (χ1) is 9.69. The maximum Gasteiger partial charge on any atom is 0.170 e. The van der Waals surface area contributed by atoms with Gasteiger partial charge < -0.3 is 10.1 Å². The Bertz CT molecular complexity index is 568. The Labute approximate surface area is 118 Å². The van der Waals surface area contributed by atoms with Crippen LogP contribution in [-0.4, -0.2) is 23.4 Å². The molecule has 5 heteroatoms. The van der Waals surface area contributed by atoms with Crippen LogP contribution in [0.2, 0.25) is 0 Å². The van der Waals surface area contributed by atoms with E-state index in [1.54, 1.807) is 29.1 Å². The van der Waals surface area contributed by atoms with Crippen LogP contribution >= 0.6 is 0 Å². The zero-order valence-corrected chi connectivity index (χ0v) is 12.1. The third kappa shape index (κ3) is 2.82. The van der Waals surface area contributed by atoms with Crippen molar-refractivity contribution in [1.29, 1.82) is 0 Å². The summed E-state index contributed by atoms with van der Waals surface area (Å²) in [6.07, 6.45) is 2.69. The highest BCUT2D eigenvalue weighted by Crippen LogP contribution is 2.29. The Hall–Kier alpha value is -1.88. The van der Waals surface area contributed by atoms with E-state index in [9.17, 15) is 4.39 Å². The lowest BCUT2D eigenvalue weighted by molar-refractivity contribution is 0.381. The van der Waals surface area contributed by atoms with Crippen molar-refractivity contribution in [2.45, 2.75) is 19.4 Å². The summed E-state index contributed by atoms with van der Waals surface area (Å²) in [6, 6.07) is 6.86. The molecule has 1 unspecified atom stereocenters. The first-order valence-electron chi connectivity index (χ1n) is 6.72. The van der Waals surface area contributed by atoms with Gasteiger partial charge in [-0.1, -0.05) is 19.1 Å². The van der Waals surface area contributed by atoms with E-state index in [1.807, 2.05) is 13.1 Å². The number of rotatable bonds is 6. The Morgan fingerprint density at radius 3 is 2.80 bits per heavy atom. The molecule has 0 aliphatic carbocycles. The number of methoxy groups -OCH3 is 1. The average molecular weight is 277 g/mol. The van der Waals surface area contributed by atoms with Crippen molar-refractivity contribution in [3.8, 4) is 5.75 Å². The van der Waals surface area contributed by atoms with Gasteiger partial charge in [0.05, 0.1) is 18.8 Å². The van der Waals surface area contributed by atoms with Gasteiger partial charge in [0.1, 0.15) is 0 Å². The number of hydrogen-bond acceptors (Lipinski definition) is 3. The van der Waals surface area contributed by atoms with Gasteiger partial charge in [-0.25, -0.2) is 4.39 Å². The fraction of sp³-hybridized carbons (Fsp3) is 0.400. The predicted molar refractivity (Wildman–Crippen MR) is 76.3 cm³/mol. The van der Waals surface area contributed by atoms with Gasteiger partial charge in [0, 0.05) is 18.8 Å². The minimum absolute atomic E-state index is 0.238. The van der Waals surface area contributed by atoms with Crippen molar-refractivity contribution in [3.63, 3.8) is 0 Å². The van der Waals surface area contributed by atoms with Crippen LogP contribution in [0, 0.1) is 5.82 Å². The van der Waals surface area contributed by atoms with Gasteiger partial charge in [-0.2, -0.15) is 5.10 Å². The molecular formula is C15H20FN3O. The van der Waals surface area contributed by atoms with Crippen LogP contribution in [0.25, 0.3) is 0 Å². The van der Waals surface area contributed by atoms with E-state index < -0.39 is 0 Å². The highest BCUT2D eigenvalue weighted by atomic mass is 19.1. The second-order valence-corrected chi connectivity index (χ2v) is 4.63. The summed E-state index contributed by atoms with van der Waals surface area (Å²) in [5, 5.41) is 7.53. The summed E-state index contributed by atoms with van der Waals surface area (Å²) in [5.74, 6) is -0.0715. The van der Waals surface area contributed by atoms with Crippen LogP contribution in [-0.2, 0) is 7.05 Å². The van der Waals surface area contributed by atoms with Crippen LogP contribution in [0.4, 0.5) is 4.39 Å². The van der Waals surface area contributed by atoms with E-state index in [4.69, 9.17) is 4.74 Å². The minimum atomic E-state index is -0.329. The highest BCUT2D eigenvalue weighted by Gasteiger charge is 2.21. The fourth-order valence-corrected chi connectivity index (χ4v) is 2.24. The number of benzene rings is 1. The number of hydrogen-bond donors (Lipinski definition) is 1. The molecule has 0 radical (unpaired) electrons. The molecule has 1 aromatic carbocycles. The number of halogens is 1. The van der Waals surface area contributed by atoms with Crippen molar-refractivity contribution < 1.29 is 9.13 Å². The minimum Gasteiger partial charge on any atom is -0.494 e. The normalized spacial score (nSPS) is 12.4. The molecule has 0 bridgehead atoms. The predicted octanol–water partition coefficient (Wildman–Crippen LogP) is 2.66. The SMILES string of the molecule is CCCNC(c1cccc(OC)c1F)c1ccnn1C. The quantitative estimate of drug-likeness (QED) is 0.882. The van der Waals surface area contributed by atoms with Crippen LogP contribution < -0.4 is 10.1 Å². The molecule has 0 aliphatic rings. The molecule has 2 rings (SSSR count). The molecule has 0 aliphatic heterocycles. The van der Waals surface area contributed by atoms with Gasteiger partial charge in [-0.15, -0.1) is 0 Å². The third-order valence-electron chi connectivity index (χ3n) is 3.28. The van der Waals surface area contributed by atoms with Crippen molar-refractivity contribution >= 4 is 0 Å². The molecule has 0 amide bonds. The van der Waals surface area contributed by atoms with Gasteiger partial charge in [0.25, 0.3) is 0 Å². The topological polar surface area (TPSA) is 39.1 Å². The summed E-state index contributed by atoms with van der Waals surface area (Å²) in [5.41, 5.74) is 1.49. The van der Waals surface area contributed by atoms with Crippen LogP contribution in [0.15, 0.2) is 30.5 Å². The van der Waals surface area contributed by atoms with E-state index in [-0.39, 0.29) is 17.6 Å². The molecule has 2 aromatic rings. The lowest BCUT2D eigenvalue weighted by Crippen LogP contribution is -2.26. The van der Waals surface area contributed by atoms with E-state index in [0.717, 1.165) is 18.7 Å². The fourth-order valence-electron chi connectivity index (χ4n) is 2.24. The molecule has 1 atom stereocenters. The second-order valence-electron chi connectivity index (χ2n) is 4.63. The molecule has 0 spiro atoms. The summed E-state index contributed by atoms with van der Waals surface area (Å²) in [7, 11) is 3.33. The van der Waals surface area contributed by atoms with Crippen LogP contribution in [0.1, 0.15) is 30.6 Å². The molecule has 108 valence electrons. The monoisotopic (exact) mass is 277 g/mol. The average Bonchev–Trinajstić information content (AvgIpc) is 2.87. The van der Waals surface area contributed by atoms with Crippen molar-refractivity contribution in [1.82, 2.24) is 15.1 Å². The molecule has 4 nitrogen and oxygen atoms in total. The zero-order chi connectivity index (χ0) is 14.5. The first-order valence-corrected chi connectivity index (χ1v) is 6.72. The van der Waals surface area contributed by atoms with E-state index >= 15 is 0 Å². The molecule has 0 fully saturated rings. The summed E-state index contributed by atoms with van der Waals surface area (Å²) < 4.78 is 21.3. The number of nitrogens with one attached hydrogen (secondary N) is 1. The Balaban J connectivity index is 2.44. The molecule has 1 heterocycles. The van der Waals surface area contributed by atoms with Gasteiger partial charge >= 0.3 is 0 Å². The maximum absolute atomic E-state index is 14.5. The van der Waals surface area contributed by atoms with Crippen molar-refractivity contribution in [2.24, 2.45) is 7.05 Å². The van der Waals surface area contributed by atoms with Crippen molar-refractivity contribution in [3.05, 3.63) is 47.5 Å². The highest BCUT2D eigenvalue weighted by molar-refractivity contribution is 5.36. The van der Waals surface area contributed by atoms with E-state index in [1.165, 1.54) is 7.11 Å². The number of aryl methyl sites for hydroxylation is 1. The summed E-state index contributed by atoms with van der Waals surface area (Å²) in [4.78, 5) is 0. The summed E-state index contributed by atoms with van der Waals surface area (Å²) in [6.45, 7) is 2.88. The maximum atomic E-state index is 14.5. The van der Waals surface area contributed by atoms with Crippen LogP contribution in [0.5, 0.6) is 5.75 Å². The number of nitrogens with zero attached hydrogens (tertiary/aromatic N) is 2. The summed E-state index contributed by atoms with van der Waals surface area (Å²) >= 11 is 0. The number of ether oxygens (including phenoxy) is 1. The second kappa shape index (κ2) is 6.52. The van der Waals surface area contributed by atoms with Crippen molar-refractivity contribution in [2.75, 3.05) is 13.7 Å². The molecule has 0 saturated heterocycles. The first kappa shape index (κ1) is 14.5. The Morgan fingerprint density at radius 1 is 1.40 bits per heavy atom. The lowest BCUT2D eigenvalue weighted by atomic mass is 10.0. The molecular weight excluding hydrogens is 257 g/mol. The molecule has 1 N–H and O–H groups in total. The zero-order valence-electron chi connectivity index (χ0n) is 12.1. The van der Waals surface area contributed by atoms with Crippen LogP contribution in [0.3, 0.4) is 0 Å². The molecule has 0 saturated carbocycles.